The fourth-order valence-electron chi connectivity index (χ4n) is 2.14. The van der Waals surface area contributed by atoms with Gasteiger partial charge in [0.05, 0.1) is 13.2 Å². The van der Waals surface area contributed by atoms with Gasteiger partial charge in [-0.05, 0) is 37.1 Å². The maximum Gasteiger partial charge on any atom is 0.250 e. The highest BCUT2D eigenvalue weighted by Gasteiger charge is 2.21. The summed E-state index contributed by atoms with van der Waals surface area (Å²) < 4.78 is 32.6. The minimum absolute atomic E-state index is 0.265. The van der Waals surface area contributed by atoms with E-state index in [0.29, 0.717) is 17.4 Å². The molecule has 0 saturated heterocycles. The zero-order chi connectivity index (χ0) is 18.1. The number of guanidine groups is 1. The van der Waals surface area contributed by atoms with Crippen molar-refractivity contribution in [2.45, 2.75) is 24.0 Å². The van der Waals surface area contributed by atoms with Crippen LogP contribution in [0, 0.1) is 5.92 Å². The average molecular weight is 389 g/mol. The Morgan fingerprint density at radius 2 is 2.28 bits per heavy atom. The first kappa shape index (κ1) is 20.2. The Hall–Kier alpha value is -1.16. The van der Waals surface area contributed by atoms with Gasteiger partial charge < -0.3 is 15.0 Å². The van der Waals surface area contributed by atoms with Gasteiger partial charge in [-0.1, -0.05) is 6.07 Å². The molecule has 0 radical (unpaired) electrons. The van der Waals surface area contributed by atoms with Crippen molar-refractivity contribution >= 4 is 27.3 Å². The van der Waals surface area contributed by atoms with E-state index in [1.165, 1.54) is 24.2 Å². The van der Waals surface area contributed by atoms with Gasteiger partial charge in [0.25, 0.3) is 0 Å². The lowest BCUT2D eigenvalue weighted by molar-refractivity contribution is 0.115. The minimum Gasteiger partial charge on any atom is -0.379 e. The Bertz CT molecular complexity index is 628. The second kappa shape index (κ2) is 10.1. The fraction of sp³-hybridized carbons (Fsp3) is 0.688. The largest absolute Gasteiger partial charge is 0.379 e. The second-order valence-electron chi connectivity index (χ2n) is 6.01. The van der Waals surface area contributed by atoms with E-state index in [1.807, 2.05) is 18.9 Å². The summed E-state index contributed by atoms with van der Waals surface area (Å²) in [6, 6.07) is 3.32. The van der Waals surface area contributed by atoms with Gasteiger partial charge in [-0.25, -0.2) is 13.1 Å². The molecule has 0 bridgehead atoms. The molecule has 0 spiro atoms. The summed E-state index contributed by atoms with van der Waals surface area (Å²) in [4.78, 5) is 6.48. The van der Waals surface area contributed by atoms with Gasteiger partial charge >= 0.3 is 0 Å². The lowest BCUT2D eigenvalue weighted by Crippen LogP contribution is -2.41. The highest BCUT2D eigenvalue weighted by molar-refractivity contribution is 7.91. The van der Waals surface area contributed by atoms with Crippen molar-refractivity contribution in [3.05, 3.63) is 17.5 Å². The van der Waals surface area contributed by atoms with E-state index in [4.69, 9.17) is 4.74 Å². The number of thiophene rings is 1. The third kappa shape index (κ3) is 7.31. The van der Waals surface area contributed by atoms with Crippen molar-refractivity contribution in [1.82, 2.24) is 14.9 Å². The molecular weight excluding hydrogens is 360 g/mol. The van der Waals surface area contributed by atoms with E-state index >= 15 is 0 Å². The standard InChI is InChI=1S/C16H28N4O3S2/c1-3-17-16(20(2)10-11-23-13-14-6-7-14)18-8-9-19-25(21,22)15-5-4-12-24-15/h4-5,12,14,19H,3,6-11,13H2,1-2H3,(H,17,18). The number of rotatable bonds is 11. The van der Waals surface area contributed by atoms with E-state index < -0.39 is 10.0 Å². The van der Waals surface area contributed by atoms with Crippen LogP contribution in [-0.2, 0) is 14.8 Å². The summed E-state index contributed by atoms with van der Waals surface area (Å²) in [5.74, 6) is 1.52. The van der Waals surface area contributed by atoms with Gasteiger partial charge in [-0.2, -0.15) is 0 Å². The van der Waals surface area contributed by atoms with Gasteiger partial charge in [-0.3, -0.25) is 4.99 Å². The summed E-state index contributed by atoms with van der Waals surface area (Å²) in [6.45, 7) is 5.68. The Labute approximate surface area is 154 Å². The predicted octanol–water partition coefficient (Wildman–Crippen LogP) is 1.35. The molecule has 1 aliphatic carbocycles. The number of ether oxygens (including phenoxy) is 1. The molecule has 142 valence electrons. The van der Waals surface area contributed by atoms with Crippen molar-refractivity contribution in [3.8, 4) is 0 Å². The molecule has 0 aliphatic heterocycles. The summed E-state index contributed by atoms with van der Waals surface area (Å²) in [7, 11) is -1.47. The Kier molecular flexibility index (Phi) is 8.14. The van der Waals surface area contributed by atoms with Gasteiger partial charge in [0.2, 0.25) is 10.0 Å². The normalized spacial score (nSPS) is 15.4. The lowest BCUT2D eigenvalue weighted by Gasteiger charge is -2.22. The first-order valence-corrected chi connectivity index (χ1v) is 11.0. The molecule has 0 aromatic carbocycles. The molecule has 1 aromatic heterocycles. The molecule has 1 saturated carbocycles. The third-order valence-electron chi connectivity index (χ3n) is 3.74. The first-order chi connectivity index (χ1) is 12.0. The third-order valence-corrected chi connectivity index (χ3v) is 6.60. The van der Waals surface area contributed by atoms with Crippen molar-refractivity contribution in [1.29, 1.82) is 0 Å². The molecule has 1 fully saturated rings. The highest BCUT2D eigenvalue weighted by Crippen LogP contribution is 2.28. The summed E-state index contributed by atoms with van der Waals surface area (Å²) in [5, 5.41) is 4.96. The molecule has 2 N–H and O–H groups in total. The van der Waals surface area contributed by atoms with Crippen molar-refractivity contribution in [2.75, 3.05) is 46.4 Å². The van der Waals surface area contributed by atoms with Crippen LogP contribution in [0.15, 0.2) is 26.7 Å². The molecule has 1 aliphatic rings. The van der Waals surface area contributed by atoms with Crippen LogP contribution < -0.4 is 10.0 Å². The smallest absolute Gasteiger partial charge is 0.250 e. The molecule has 0 atom stereocenters. The molecule has 9 heteroatoms. The Balaban J connectivity index is 1.73. The number of hydrogen-bond acceptors (Lipinski definition) is 5. The Morgan fingerprint density at radius 1 is 1.48 bits per heavy atom. The second-order valence-corrected chi connectivity index (χ2v) is 8.95. The summed E-state index contributed by atoms with van der Waals surface area (Å²) in [6.07, 6.45) is 2.59. The van der Waals surface area contributed by atoms with E-state index in [0.717, 1.165) is 31.6 Å². The highest BCUT2D eigenvalue weighted by atomic mass is 32.2. The number of nitrogens with one attached hydrogen (secondary N) is 2. The van der Waals surface area contributed by atoms with Gasteiger partial charge in [-0.15, -0.1) is 11.3 Å². The maximum atomic E-state index is 12.0. The monoisotopic (exact) mass is 388 g/mol. The van der Waals surface area contributed by atoms with Crippen LogP contribution in [0.2, 0.25) is 0 Å². The fourth-order valence-corrected chi connectivity index (χ4v) is 4.20. The van der Waals surface area contributed by atoms with E-state index in [1.54, 1.807) is 17.5 Å². The molecule has 0 unspecified atom stereocenters. The van der Waals surface area contributed by atoms with Crippen LogP contribution in [0.25, 0.3) is 0 Å². The van der Waals surface area contributed by atoms with Crippen LogP contribution in [0.4, 0.5) is 0 Å². The number of aliphatic imine (C=N–C) groups is 1. The number of sulfonamides is 1. The molecule has 2 rings (SSSR count). The van der Waals surface area contributed by atoms with E-state index in [2.05, 4.69) is 15.0 Å². The summed E-state index contributed by atoms with van der Waals surface area (Å²) >= 11 is 1.20. The Morgan fingerprint density at radius 3 is 2.92 bits per heavy atom. The quantitative estimate of drug-likeness (QED) is 0.340. The van der Waals surface area contributed by atoms with Crippen molar-refractivity contribution in [3.63, 3.8) is 0 Å². The van der Waals surface area contributed by atoms with Gasteiger partial charge in [0.15, 0.2) is 5.96 Å². The van der Waals surface area contributed by atoms with Crippen LogP contribution >= 0.6 is 11.3 Å². The predicted molar refractivity (Wildman–Crippen MR) is 102 cm³/mol. The zero-order valence-electron chi connectivity index (χ0n) is 14.9. The molecular formula is C16H28N4O3S2. The number of likely N-dealkylation sites (N-methyl/N-ethyl adjacent to an activating group) is 1. The maximum absolute atomic E-state index is 12.0. The zero-order valence-corrected chi connectivity index (χ0v) is 16.5. The SMILES string of the molecule is CCNC(=NCCNS(=O)(=O)c1cccs1)N(C)CCOCC1CC1. The number of hydrogen-bond donors (Lipinski definition) is 2. The van der Waals surface area contributed by atoms with E-state index in [-0.39, 0.29) is 6.54 Å². The minimum atomic E-state index is -3.42. The molecule has 1 heterocycles. The van der Waals surface area contributed by atoms with Crippen LogP contribution in [0.1, 0.15) is 19.8 Å². The molecule has 25 heavy (non-hydrogen) atoms. The van der Waals surface area contributed by atoms with Crippen LogP contribution in [0.3, 0.4) is 0 Å². The molecule has 7 nitrogen and oxygen atoms in total. The van der Waals surface area contributed by atoms with Crippen molar-refractivity contribution < 1.29 is 13.2 Å². The number of nitrogens with zero attached hydrogens (tertiary/aromatic N) is 2. The van der Waals surface area contributed by atoms with Crippen molar-refractivity contribution in [2.24, 2.45) is 10.9 Å². The van der Waals surface area contributed by atoms with Crippen LogP contribution in [-0.4, -0.2) is 65.7 Å². The van der Waals surface area contributed by atoms with E-state index in [9.17, 15) is 8.42 Å². The van der Waals surface area contributed by atoms with Gasteiger partial charge in [0.1, 0.15) is 4.21 Å². The molecule has 1 aromatic rings. The summed E-state index contributed by atoms with van der Waals surface area (Å²) in [5.41, 5.74) is 0. The lowest BCUT2D eigenvalue weighted by atomic mass is 10.5. The molecule has 0 amide bonds. The first-order valence-electron chi connectivity index (χ1n) is 8.63. The average Bonchev–Trinajstić information content (AvgIpc) is 3.23. The topological polar surface area (TPSA) is 83.0 Å². The van der Waals surface area contributed by atoms with Crippen LogP contribution in [0.5, 0.6) is 0 Å². The van der Waals surface area contributed by atoms with Gasteiger partial charge in [0, 0.05) is 33.3 Å².